The zero-order chi connectivity index (χ0) is 34.2. The molecule has 0 atom stereocenters. The smallest absolute Gasteiger partial charge is 0.227 e. The van der Waals surface area contributed by atoms with Crippen molar-refractivity contribution in [2.24, 2.45) is 0 Å². The van der Waals surface area contributed by atoms with Gasteiger partial charge in [-0.15, -0.1) is 0 Å². The summed E-state index contributed by atoms with van der Waals surface area (Å²) in [6.07, 6.45) is 0. The lowest BCUT2D eigenvalue weighted by molar-refractivity contribution is 0.622. The van der Waals surface area contributed by atoms with Crippen LogP contribution in [0.2, 0.25) is 0 Å². The first kappa shape index (κ1) is 28.6. The number of fused-ring (bicyclic) bond motifs is 9. The van der Waals surface area contributed by atoms with Crippen LogP contribution in [0.4, 0.5) is 0 Å². The number of hydrogen-bond donors (Lipinski definition) is 0. The molecule has 0 aliphatic rings. The Labute approximate surface area is 296 Å². The lowest BCUT2D eigenvalue weighted by atomic mass is 10.0. The Balaban J connectivity index is 1.13. The van der Waals surface area contributed by atoms with Crippen molar-refractivity contribution in [3.8, 4) is 45.6 Å². The SMILES string of the molecule is c1ccc(-c2nc(-c3ccc4ccc5oc6ccc7nc(-c8ccc9ccccc9c8)oc7c6c5c4c3)nc(-c3cccc4ccccc34)n2)cc1. The van der Waals surface area contributed by atoms with E-state index in [1.54, 1.807) is 0 Å². The molecule has 0 unspecified atom stereocenters. The molecule has 0 aliphatic carbocycles. The molecule has 0 N–H and O–H groups in total. The molecule has 52 heavy (non-hydrogen) atoms. The topological polar surface area (TPSA) is 77.8 Å². The minimum atomic E-state index is 0.572. The summed E-state index contributed by atoms with van der Waals surface area (Å²) >= 11 is 0. The van der Waals surface area contributed by atoms with Crippen LogP contribution in [-0.2, 0) is 0 Å². The van der Waals surface area contributed by atoms with Crippen LogP contribution in [0.25, 0.3) is 111 Å². The minimum absolute atomic E-state index is 0.572. The molecule has 11 aromatic rings. The molecular formula is C46H26N4O2. The summed E-state index contributed by atoms with van der Waals surface area (Å²) in [5.74, 6) is 2.40. The second-order valence-corrected chi connectivity index (χ2v) is 13.0. The minimum Gasteiger partial charge on any atom is -0.456 e. The third-order valence-corrected chi connectivity index (χ3v) is 9.93. The molecule has 0 saturated heterocycles. The Morgan fingerprint density at radius 2 is 1.02 bits per heavy atom. The van der Waals surface area contributed by atoms with Gasteiger partial charge in [0.25, 0.3) is 0 Å². The number of oxazole rings is 1. The van der Waals surface area contributed by atoms with Crippen LogP contribution in [0.5, 0.6) is 0 Å². The second-order valence-electron chi connectivity index (χ2n) is 13.0. The molecule has 0 amide bonds. The van der Waals surface area contributed by atoms with Crippen LogP contribution in [0.1, 0.15) is 0 Å². The van der Waals surface area contributed by atoms with E-state index in [4.69, 9.17) is 28.8 Å². The molecule has 0 bridgehead atoms. The molecule has 11 rings (SSSR count). The predicted molar refractivity (Wildman–Crippen MR) is 209 cm³/mol. The average molecular weight is 667 g/mol. The van der Waals surface area contributed by atoms with Crippen molar-refractivity contribution in [1.82, 2.24) is 19.9 Å². The molecule has 6 heteroatoms. The van der Waals surface area contributed by atoms with Crippen LogP contribution in [-0.4, -0.2) is 19.9 Å². The van der Waals surface area contributed by atoms with Gasteiger partial charge in [-0.05, 0) is 68.7 Å². The Kier molecular flexibility index (Phi) is 6.15. The normalized spacial score (nSPS) is 11.8. The van der Waals surface area contributed by atoms with E-state index >= 15 is 0 Å². The number of benzene rings is 8. The molecule has 0 aliphatic heterocycles. The number of rotatable bonds is 4. The lowest BCUT2D eigenvalue weighted by Gasteiger charge is -2.11. The van der Waals surface area contributed by atoms with Gasteiger partial charge in [0.15, 0.2) is 23.1 Å². The average Bonchev–Trinajstić information content (AvgIpc) is 3.83. The quantitative estimate of drug-likeness (QED) is 0.186. The summed E-state index contributed by atoms with van der Waals surface area (Å²) < 4.78 is 13.1. The summed E-state index contributed by atoms with van der Waals surface area (Å²) in [4.78, 5) is 20.1. The standard InChI is InChI=1S/C46H26N4O2/c1-2-11-30(12-3-1)43-48-44(50-45(49-43)35-16-8-14-28-10-6-7-15-34(28)35)32-19-18-29-21-23-38-40(36(29)26-32)41-39(51-38)24-22-37-42(41)52-46(47-37)33-20-17-27-9-4-5-13-31(27)25-33/h1-26H. The fourth-order valence-electron chi connectivity index (χ4n) is 7.40. The van der Waals surface area contributed by atoms with E-state index in [-0.39, 0.29) is 0 Å². The first-order valence-corrected chi connectivity index (χ1v) is 17.2. The van der Waals surface area contributed by atoms with Crippen LogP contribution in [0.15, 0.2) is 167 Å². The van der Waals surface area contributed by atoms with E-state index in [0.717, 1.165) is 76.6 Å². The van der Waals surface area contributed by atoms with Crippen molar-refractivity contribution in [2.75, 3.05) is 0 Å². The fraction of sp³-hybridized carbons (Fsp3) is 0. The first-order valence-electron chi connectivity index (χ1n) is 17.2. The molecule has 0 saturated carbocycles. The van der Waals surface area contributed by atoms with Gasteiger partial charge in [0.1, 0.15) is 16.7 Å². The maximum Gasteiger partial charge on any atom is 0.227 e. The predicted octanol–water partition coefficient (Wildman–Crippen LogP) is 12.0. The molecule has 8 aromatic carbocycles. The lowest BCUT2D eigenvalue weighted by Crippen LogP contribution is -2.00. The summed E-state index contributed by atoms with van der Waals surface area (Å²) in [5.41, 5.74) is 6.66. The van der Waals surface area contributed by atoms with E-state index in [9.17, 15) is 0 Å². The Morgan fingerprint density at radius 1 is 0.365 bits per heavy atom. The van der Waals surface area contributed by atoms with Gasteiger partial charge in [0, 0.05) is 27.6 Å². The Bertz CT molecular complexity index is 3190. The third kappa shape index (κ3) is 4.51. The molecule has 0 spiro atoms. The van der Waals surface area contributed by atoms with Gasteiger partial charge >= 0.3 is 0 Å². The molecule has 0 fully saturated rings. The monoisotopic (exact) mass is 666 g/mol. The van der Waals surface area contributed by atoms with Gasteiger partial charge in [-0.1, -0.05) is 121 Å². The third-order valence-electron chi connectivity index (χ3n) is 9.93. The molecule has 242 valence electrons. The van der Waals surface area contributed by atoms with Crippen molar-refractivity contribution in [1.29, 1.82) is 0 Å². The highest BCUT2D eigenvalue weighted by Crippen LogP contribution is 2.41. The molecule has 6 nitrogen and oxygen atoms in total. The van der Waals surface area contributed by atoms with E-state index in [1.807, 2.05) is 72.8 Å². The maximum absolute atomic E-state index is 6.61. The van der Waals surface area contributed by atoms with Crippen molar-refractivity contribution in [3.63, 3.8) is 0 Å². The maximum atomic E-state index is 6.61. The number of furan rings is 1. The van der Waals surface area contributed by atoms with E-state index in [1.165, 1.54) is 5.39 Å². The number of hydrogen-bond acceptors (Lipinski definition) is 6. The van der Waals surface area contributed by atoms with Crippen molar-refractivity contribution >= 4 is 65.4 Å². The van der Waals surface area contributed by atoms with Gasteiger partial charge in [-0.25, -0.2) is 19.9 Å². The number of nitrogens with zero attached hydrogens (tertiary/aromatic N) is 4. The molecule has 3 heterocycles. The second kappa shape index (κ2) is 11.2. The zero-order valence-electron chi connectivity index (χ0n) is 27.6. The van der Waals surface area contributed by atoms with Gasteiger partial charge in [-0.3, -0.25) is 0 Å². The van der Waals surface area contributed by atoms with Gasteiger partial charge in [-0.2, -0.15) is 0 Å². The highest BCUT2D eigenvalue weighted by molar-refractivity contribution is 6.25. The van der Waals surface area contributed by atoms with Crippen molar-refractivity contribution in [3.05, 3.63) is 158 Å². The van der Waals surface area contributed by atoms with E-state index in [0.29, 0.717) is 28.9 Å². The Morgan fingerprint density at radius 3 is 1.92 bits per heavy atom. The zero-order valence-corrected chi connectivity index (χ0v) is 27.6. The summed E-state index contributed by atoms with van der Waals surface area (Å²) in [6.45, 7) is 0. The van der Waals surface area contributed by atoms with Crippen molar-refractivity contribution < 1.29 is 8.83 Å². The summed E-state index contributed by atoms with van der Waals surface area (Å²) in [5, 5.41) is 8.47. The number of aromatic nitrogens is 4. The van der Waals surface area contributed by atoms with E-state index in [2.05, 4.69) is 84.9 Å². The van der Waals surface area contributed by atoms with Crippen LogP contribution < -0.4 is 0 Å². The molecule has 3 aromatic heterocycles. The summed E-state index contributed by atoms with van der Waals surface area (Å²) in [7, 11) is 0. The van der Waals surface area contributed by atoms with Crippen molar-refractivity contribution in [2.45, 2.75) is 0 Å². The van der Waals surface area contributed by atoms with Gasteiger partial charge in [0.05, 0.1) is 5.39 Å². The first-order chi connectivity index (χ1) is 25.7. The fourth-order valence-corrected chi connectivity index (χ4v) is 7.40. The highest BCUT2D eigenvalue weighted by atomic mass is 16.4. The highest BCUT2D eigenvalue weighted by Gasteiger charge is 2.20. The Hall–Kier alpha value is -7.18. The molecular weight excluding hydrogens is 641 g/mol. The van der Waals surface area contributed by atoms with Crippen LogP contribution >= 0.6 is 0 Å². The van der Waals surface area contributed by atoms with Gasteiger partial charge in [0.2, 0.25) is 5.89 Å². The van der Waals surface area contributed by atoms with E-state index < -0.39 is 0 Å². The van der Waals surface area contributed by atoms with Crippen LogP contribution in [0.3, 0.4) is 0 Å². The van der Waals surface area contributed by atoms with Crippen LogP contribution in [0, 0.1) is 0 Å². The largest absolute Gasteiger partial charge is 0.456 e. The molecule has 0 radical (unpaired) electrons. The summed E-state index contributed by atoms with van der Waals surface area (Å²) in [6, 6.07) is 53.6. The van der Waals surface area contributed by atoms with Gasteiger partial charge < -0.3 is 8.83 Å².